The number of terminal acetylenes is 1. The molecule has 0 saturated carbocycles. The fourth-order valence-corrected chi connectivity index (χ4v) is 1.09. The summed E-state index contributed by atoms with van der Waals surface area (Å²) in [7, 11) is 0. The van der Waals surface area contributed by atoms with Gasteiger partial charge in [0.05, 0.1) is 4.92 Å². The Bertz CT molecular complexity index is 384. The molecule has 0 saturated heterocycles. The lowest BCUT2D eigenvalue weighted by atomic mass is 10.3. The predicted molar refractivity (Wildman–Crippen MR) is 57.4 cm³/mol. The Morgan fingerprint density at radius 1 is 1.67 bits per heavy atom. The van der Waals surface area contributed by atoms with E-state index < -0.39 is 4.92 Å². The summed E-state index contributed by atoms with van der Waals surface area (Å²) in [6.07, 6.45) is 9.27. The van der Waals surface area contributed by atoms with E-state index >= 15 is 0 Å². The summed E-state index contributed by atoms with van der Waals surface area (Å²) in [4.78, 5) is 13.8. The normalized spacial score (nSPS) is 9.27. The lowest BCUT2D eigenvalue weighted by Gasteiger charge is -2.04. The van der Waals surface area contributed by atoms with Crippen LogP contribution in [-0.2, 0) is 0 Å². The van der Waals surface area contributed by atoms with Gasteiger partial charge in [0.15, 0.2) is 0 Å². The van der Waals surface area contributed by atoms with Gasteiger partial charge in [-0.05, 0) is 12.5 Å². The summed E-state index contributed by atoms with van der Waals surface area (Å²) in [5.41, 5.74) is 0.463. The van der Waals surface area contributed by atoms with Gasteiger partial charge < -0.3 is 5.32 Å². The molecule has 0 amide bonds. The molecular formula is C10H11N3O2. The number of nitro groups is 1. The van der Waals surface area contributed by atoms with Gasteiger partial charge in [-0.1, -0.05) is 0 Å². The van der Waals surface area contributed by atoms with Crippen LogP contribution in [0.15, 0.2) is 18.5 Å². The molecule has 0 aliphatic rings. The Hall–Kier alpha value is -2.09. The molecule has 78 valence electrons. The van der Waals surface area contributed by atoms with Crippen LogP contribution in [0.3, 0.4) is 0 Å². The number of aromatic nitrogens is 1. The number of nitrogens with one attached hydrogen (secondary N) is 1. The molecule has 0 aliphatic carbocycles. The van der Waals surface area contributed by atoms with Crippen LogP contribution in [0.25, 0.3) is 0 Å². The fourth-order valence-electron chi connectivity index (χ4n) is 1.09. The third-order valence-electron chi connectivity index (χ3n) is 1.81. The van der Waals surface area contributed by atoms with Crippen molar-refractivity contribution in [1.29, 1.82) is 0 Å². The molecule has 0 aliphatic heterocycles. The van der Waals surface area contributed by atoms with Crippen molar-refractivity contribution >= 4 is 11.4 Å². The van der Waals surface area contributed by atoms with Crippen molar-refractivity contribution in [3.63, 3.8) is 0 Å². The van der Waals surface area contributed by atoms with E-state index in [-0.39, 0.29) is 5.69 Å². The summed E-state index contributed by atoms with van der Waals surface area (Å²) in [6, 6.07) is 1.58. The summed E-state index contributed by atoms with van der Waals surface area (Å²) in [5, 5.41) is 13.6. The summed E-state index contributed by atoms with van der Waals surface area (Å²) in [6.45, 7) is 0.620. The van der Waals surface area contributed by atoms with Gasteiger partial charge in [0.1, 0.15) is 11.9 Å². The number of unbranched alkanes of at least 4 members (excludes halogenated alkanes) is 1. The van der Waals surface area contributed by atoms with E-state index in [1.54, 1.807) is 6.07 Å². The molecule has 0 radical (unpaired) electrons. The molecule has 1 rings (SSSR count). The van der Waals surface area contributed by atoms with Gasteiger partial charge in [0.25, 0.3) is 0 Å². The molecule has 0 bridgehead atoms. The number of rotatable bonds is 5. The van der Waals surface area contributed by atoms with Crippen molar-refractivity contribution in [3.8, 4) is 12.3 Å². The van der Waals surface area contributed by atoms with E-state index in [4.69, 9.17) is 6.42 Å². The molecule has 0 unspecified atom stereocenters. The predicted octanol–water partition coefficient (Wildman–Crippen LogP) is 1.82. The number of hydrogen-bond acceptors (Lipinski definition) is 4. The van der Waals surface area contributed by atoms with Crippen LogP contribution in [0.1, 0.15) is 12.8 Å². The van der Waals surface area contributed by atoms with Crippen LogP contribution < -0.4 is 5.32 Å². The van der Waals surface area contributed by atoms with Crippen LogP contribution in [0, 0.1) is 22.5 Å². The Morgan fingerprint density at radius 2 is 2.47 bits per heavy atom. The first-order valence-electron chi connectivity index (χ1n) is 4.51. The summed E-state index contributed by atoms with van der Waals surface area (Å²) >= 11 is 0. The highest BCUT2D eigenvalue weighted by molar-refractivity contribution is 5.59. The van der Waals surface area contributed by atoms with Crippen molar-refractivity contribution in [1.82, 2.24) is 4.98 Å². The molecule has 1 heterocycles. The minimum atomic E-state index is -0.462. The molecule has 5 heteroatoms. The zero-order valence-electron chi connectivity index (χ0n) is 8.14. The second kappa shape index (κ2) is 5.60. The zero-order valence-corrected chi connectivity index (χ0v) is 8.14. The van der Waals surface area contributed by atoms with Gasteiger partial charge in [0, 0.05) is 19.2 Å². The smallest absolute Gasteiger partial charge is 0.310 e. The molecular weight excluding hydrogens is 194 g/mol. The minimum Gasteiger partial charge on any atom is -0.379 e. The van der Waals surface area contributed by atoms with E-state index in [9.17, 15) is 10.1 Å². The Morgan fingerprint density at radius 3 is 3.13 bits per heavy atom. The van der Waals surface area contributed by atoms with Crippen LogP contribution >= 0.6 is 0 Å². The molecule has 15 heavy (non-hydrogen) atoms. The molecule has 0 aromatic carbocycles. The third-order valence-corrected chi connectivity index (χ3v) is 1.81. The Kier molecular flexibility index (Phi) is 4.10. The van der Waals surface area contributed by atoms with Gasteiger partial charge in [0.2, 0.25) is 0 Å². The average Bonchev–Trinajstić information content (AvgIpc) is 2.25. The van der Waals surface area contributed by atoms with E-state index in [1.807, 2.05) is 0 Å². The standard InChI is InChI=1S/C10H11N3O2/c1-2-3-4-6-12-9-5-7-11-8-10(9)13(14)15/h1,5,7-8H,3-4,6H2,(H,11,12). The number of nitrogens with zero attached hydrogens (tertiary/aromatic N) is 2. The summed E-state index contributed by atoms with van der Waals surface area (Å²) < 4.78 is 0. The highest BCUT2D eigenvalue weighted by Gasteiger charge is 2.11. The maximum atomic E-state index is 10.6. The van der Waals surface area contributed by atoms with Crippen LogP contribution in [0.4, 0.5) is 11.4 Å². The molecule has 1 aromatic heterocycles. The van der Waals surface area contributed by atoms with Gasteiger partial charge in [-0.15, -0.1) is 12.3 Å². The zero-order chi connectivity index (χ0) is 11.1. The fraction of sp³-hybridized carbons (Fsp3) is 0.300. The van der Waals surface area contributed by atoms with Gasteiger partial charge >= 0.3 is 5.69 Å². The SMILES string of the molecule is C#CCCCNc1ccncc1[N+](=O)[O-]. The van der Waals surface area contributed by atoms with E-state index in [0.717, 1.165) is 6.42 Å². The van der Waals surface area contributed by atoms with Gasteiger partial charge in [-0.25, -0.2) is 0 Å². The van der Waals surface area contributed by atoms with Crippen molar-refractivity contribution in [2.45, 2.75) is 12.8 Å². The first-order chi connectivity index (χ1) is 7.25. The van der Waals surface area contributed by atoms with Crippen molar-refractivity contribution < 1.29 is 4.92 Å². The Labute approximate surface area is 87.7 Å². The second-order valence-electron chi connectivity index (χ2n) is 2.88. The molecule has 5 nitrogen and oxygen atoms in total. The number of pyridine rings is 1. The van der Waals surface area contributed by atoms with Crippen molar-refractivity contribution in [3.05, 3.63) is 28.6 Å². The van der Waals surface area contributed by atoms with Gasteiger partial charge in [-0.2, -0.15) is 0 Å². The number of anilines is 1. The molecule has 0 fully saturated rings. The Balaban J connectivity index is 2.60. The first kappa shape index (κ1) is 11.0. The van der Waals surface area contributed by atoms with Crippen molar-refractivity contribution in [2.75, 3.05) is 11.9 Å². The second-order valence-corrected chi connectivity index (χ2v) is 2.88. The summed E-state index contributed by atoms with van der Waals surface area (Å²) in [5.74, 6) is 2.51. The van der Waals surface area contributed by atoms with Crippen LogP contribution in [-0.4, -0.2) is 16.5 Å². The molecule has 1 aromatic rings. The quantitative estimate of drug-likeness (QED) is 0.344. The minimum absolute atomic E-state index is 0.0155. The lowest BCUT2D eigenvalue weighted by molar-refractivity contribution is -0.384. The number of hydrogen-bond donors (Lipinski definition) is 1. The van der Waals surface area contributed by atoms with Crippen LogP contribution in [0.2, 0.25) is 0 Å². The molecule has 1 N–H and O–H groups in total. The third kappa shape index (κ3) is 3.27. The topological polar surface area (TPSA) is 68.1 Å². The van der Waals surface area contributed by atoms with Crippen molar-refractivity contribution in [2.24, 2.45) is 0 Å². The van der Waals surface area contributed by atoms with E-state index in [2.05, 4.69) is 16.2 Å². The first-order valence-corrected chi connectivity index (χ1v) is 4.51. The molecule has 0 atom stereocenters. The van der Waals surface area contributed by atoms with Gasteiger partial charge in [-0.3, -0.25) is 15.1 Å². The maximum absolute atomic E-state index is 10.6. The monoisotopic (exact) mass is 205 g/mol. The highest BCUT2D eigenvalue weighted by atomic mass is 16.6. The van der Waals surface area contributed by atoms with Crippen LogP contribution in [0.5, 0.6) is 0 Å². The van der Waals surface area contributed by atoms with E-state index in [1.165, 1.54) is 12.4 Å². The molecule has 0 spiro atoms. The highest BCUT2D eigenvalue weighted by Crippen LogP contribution is 2.21. The van der Waals surface area contributed by atoms with E-state index in [0.29, 0.717) is 18.7 Å². The largest absolute Gasteiger partial charge is 0.379 e. The lowest BCUT2D eigenvalue weighted by Crippen LogP contribution is -2.04. The maximum Gasteiger partial charge on any atom is 0.310 e. The average molecular weight is 205 g/mol.